The first-order valence-electron chi connectivity index (χ1n) is 7.42. The number of carbonyl (C=O) groups is 1. The van der Waals surface area contributed by atoms with Crippen molar-refractivity contribution in [2.45, 2.75) is 52.1 Å². The molecule has 112 valence electrons. The van der Waals surface area contributed by atoms with Crippen molar-refractivity contribution in [2.75, 3.05) is 26.2 Å². The summed E-state index contributed by atoms with van der Waals surface area (Å²) >= 11 is 0. The van der Waals surface area contributed by atoms with Gasteiger partial charge in [0.1, 0.15) is 0 Å². The molecule has 5 heteroatoms. The quantitative estimate of drug-likeness (QED) is 0.679. The summed E-state index contributed by atoms with van der Waals surface area (Å²) in [7, 11) is 0. The Morgan fingerprint density at radius 1 is 1.37 bits per heavy atom. The normalized spacial score (nSPS) is 20.8. The predicted octanol–water partition coefficient (Wildman–Crippen LogP) is 1.18. The van der Waals surface area contributed by atoms with E-state index in [-0.39, 0.29) is 18.7 Å². The van der Waals surface area contributed by atoms with Gasteiger partial charge in [0.2, 0.25) is 0 Å². The van der Waals surface area contributed by atoms with Crippen LogP contribution in [0.25, 0.3) is 0 Å². The van der Waals surface area contributed by atoms with Gasteiger partial charge in [-0.15, -0.1) is 0 Å². The molecule has 1 aliphatic heterocycles. The number of aliphatic hydroxyl groups excluding tert-OH is 1. The highest BCUT2D eigenvalue weighted by molar-refractivity contribution is 5.74. The van der Waals surface area contributed by atoms with E-state index in [1.807, 2.05) is 6.92 Å². The van der Waals surface area contributed by atoms with E-state index < -0.39 is 0 Å². The van der Waals surface area contributed by atoms with Crippen molar-refractivity contribution in [3.63, 3.8) is 0 Å². The van der Waals surface area contributed by atoms with Crippen LogP contribution in [0.4, 0.5) is 4.79 Å². The molecule has 19 heavy (non-hydrogen) atoms. The van der Waals surface area contributed by atoms with Crippen LogP contribution in [0.5, 0.6) is 0 Å². The second-order valence-electron chi connectivity index (χ2n) is 5.84. The first-order valence-corrected chi connectivity index (χ1v) is 7.42. The van der Waals surface area contributed by atoms with E-state index in [9.17, 15) is 4.79 Å². The van der Waals surface area contributed by atoms with Crippen LogP contribution in [0.1, 0.15) is 40.0 Å². The summed E-state index contributed by atoms with van der Waals surface area (Å²) in [6.07, 6.45) is 3.10. The van der Waals surface area contributed by atoms with Gasteiger partial charge in [0.05, 0.1) is 0 Å². The second-order valence-corrected chi connectivity index (χ2v) is 5.84. The maximum Gasteiger partial charge on any atom is 0.315 e. The molecule has 0 aliphatic carbocycles. The monoisotopic (exact) mass is 271 g/mol. The fraction of sp³-hybridized carbons (Fsp3) is 0.929. The van der Waals surface area contributed by atoms with E-state index in [1.54, 1.807) is 0 Å². The van der Waals surface area contributed by atoms with E-state index in [1.165, 1.54) is 12.8 Å². The van der Waals surface area contributed by atoms with Crippen molar-refractivity contribution < 1.29 is 9.90 Å². The number of nitrogens with zero attached hydrogens (tertiary/aromatic N) is 1. The van der Waals surface area contributed by atoms with Crippen LogP contribution in [0.2, 0.25) is 0 Å². The van der Waals surface area contributed by atoms with Gasteiger partial charge in [-0.2, -0.15) is 0 Å². The number of hydrogen-bond acceptors (Lipinski definition) is 3. The number of urea groups is 1. The van der Waals surface area contributed by atoms with Crippen LogP contribution in [0, 0.1) is 5.92 Å². The van der Waals surface area contributed by atoms with Gasteiger partial charge in [-0.1, -0.05) is 6.92 Å². The molecule has 0 aromatic carbocycles. The summed E-state index contributed by atoms with van der Waals surface area (Å²) in [4.78, 5) is 14.1. The van der Waals surface area contributed by atoms with Crippen molar-refractivity contribution >= 4 is 6.03 Å². The lowest BCUT2D eigenvalue weighted by atomic mass is 9.98. The van der Waals surface area contributed by atoms with Gasteiger partial charge in [0.25, 0.3) is 0 Å². The zero-order valence-corrected chi connectivity index (χ0v) is 12.5. The molecule has 1 saturated heterocycles. The smallest absolute Gasteiger partial charge is 0.315 e. The first-order chi connectivity index (χ1) is 9.02. The molecule has 1 heterocycles. The van der Waals surface area contributed by atoms with Crippen LogP contribution in [0.3, 0.4) is 0 Å². The van der Waals surface area contributed by atoms with Crippen molar-refractivity contribution in [1.82, 2.24) is 15.5 Å². The Labute approximate surface area is 116 Å². The minimum atomic E-state index is -0.141. The maximum absolute atomic E-state index is 11.6. The van der Waals surface area contributed by atoms with Crippen molar-refractivity contribution in [3.8, 4) is 0 Å². The molecule has 1 fully saturated rings. The average Bonchev–Trinajstić information content (AvgIpc) is 2.37. The topological polar surface area (TPSA) is 64.6 Å². The summed E-state index contributed by atoms with van der Waals surface area (Å²) in [6, 6.07) is 0.251. The highest BCUT2D eigenvalue weighted by Crippen LogP contribution is 2.17. The van der Waals surface area contributed by atoms with E-state index in [2.05, 4.69) is 29.4 Å². The standard InChI is InChI=1S/C14H29N3O2/c1-11-4-7-17(8-5-11)13(3)10-15-14(19)16-12(2)6-9-18/h11-13,18H,4-10H2,1-3H3,(H2,15,16,19)/t12-,13?/m1/s1. The lowest BCUT2D eigenvalue weighted by Crippen LogP contribution is -2.48. The van der Waals surface area contributed by atoms with E-state index >= 15 is 0 Å². The summed E-state index contributed by atoms with van der Waals surface area (Å²) in [5.41, 5.74) is 0. The van der Waals surface area contributed by atoms with E-state index in [0.29, 0.717) is 19.0 Å². The number of piperidine rings is 1. The minimum absolute atomic E-state index is 0.0103. The molecule has 1 aliphatic rings. The van der Waals surface area contributed by atoms with E-state index in [0.717, 1.165) is 19.0 Å². The van der Waals surface area contributed by atoms with Gasteiger partial charge < -0.3 is 15.7 Å². The Kier molecular flexibility index (Phi) is 7.16. The van der Waals surface area contributed by atoms with Gasteiger partial charge in [0, 0.05) is 25.2 Å². The Bertz CT molecular complexity index is 265. The molecular formula is C14H29N3O2. The summed E-state index contributed by atoms with van der Waals surface area (Å²) in [5, 5.41) is 14.5. The minimum Gasteiger partial charge on any atom is -0.396 e. The molecule has 0 aromatic rings. The average molecular weight is 271 g/mol. The molecule has 3 N–H and O–H groups in total. The summed E-state index contributed by atoms with van der Waals surface area (Å²) < 4.78 is 0. The predicted molar refractivity (Wildman–Crippen MR) is 77.1 cm³/mol. The molecule has 1 unspecified atom stereocenters. The number of amides is 2. The molecule has 0 spiro atoms. The third-order valence-electron chi connectivity index (χ3n) is 3.94. The summed E-state index contributed by atoms with van der Waals surface area (Å²) in [6.45, 7) is 9.39. The Morgan fingerprint density at radius 3 is 2.58 bits per heavy atom. The maximum atomic E-state index is 11.6. The fourth-order valence-corrected chi connectivity index (χ4v) is 2.38. The van der Waals surface area contributed by atoms with Gasteiger partial charge in [-0.05, 0) is 52.1 Å². The van der Waals surface area contributed by atoms with Gasteiger partial charge in [0.15, 0.2) is 0 Å². The molecule has 2 atom stereocenters. The highest BCUT2D eigenvalue weighted by Gasteiger charge is 2.20. The number of aliphatic hydroxyl groups is 1. The lowest BCUT2D eigenvalue weighted by molar-refractivity contribution is 0.145. The van der Waals surface area contributed by atoms with Gasteiger partial charge >= 0.3 is 6.03 Å². The van der Waals surface area contributed by atoms with Crippen LogP contribution < -0.4 is 10.6 Å². The fourth-order valence-electron chi connectivity index (χ4n) is 2.38. The lowest BCUT2D eigenvalue weighted by Gasteiger charge is -2.35. The highest BCUT2D eigenvalue weighted by atomic mass is 16.3. The molecular weight excluding hydrogens is 242 g/mol. The molecule has 0 bridgehead atoms. The molecule has 2 amide bonds. The number of nitrogens with one attached hydrogen (secondary N) is 2. The van der Waals surface area contributed by atoms with Crippen LogP contribution in [0.15, 0.2) is 0 Å². The van der Waals surface area contributed by atoms with E-state index in [4.69, 9.17) is 5.11 Å². The summed E-state index contributed by atoms with van der Waals surface area (Å²) in [5.74, 6) is 0.832. The Hall–Kier alpha value is -0.810. The van der Waals surface area contributed by atoms with Crippen molar-refractivity contribution in [3.05, 3.63) is 0 Å². The number of hydrogen-bond donors (Lipinski definition) is 3. The molecule has 0 aromatic heterocycles. The number of likely N-dealkylation sites (tertiary alicyclic amines) is 1. The van der Waals surface area contributed by atoms with Crippen LogP contribution >= 0.6 is 0 Å². The zero-order valence-electron chi connectivity index (χ0n) is 12.5. The molecule has 1 rings (SSSR count). The third kappa shape index (κ3) is 6.25. The largest absolute Gasteiger partial charge is 0.396 e. The molecule has 0 radical (unpaired) electrons. The molecule has 0 saturated carbocycles. The zero-order chi connectivity index (χ0) is 14.3. The van der Waals surface area contributed by atoms with Crippen molar-refractivity contribution in [2.24, 2.45) is 5.92 Å². The van der Waals surface area contributed by atoms with Gasteiger partial charge in [-0.25, -0.2) is 4.79 Å². The second kappa shape index (κ2) is 8.38. The van der Waals surface area contributed by atoms with Crippen LogP contribution in [-0.4, -0.2) is 54.4 Å². The molecule has 5 nitrogen and oxygen atoms in total. The SMILES string of the molecule is CC1CCN(C(C)CNC(=O)N[C@H](C)CCO)CC1. The Balaban J connectivity index is 2.18. The Morgan fingerprint density at radius 2 is 2.00 bits per heavy atom. The number of carbonyl (C=O) groups excluding carboxylic acids is 1. The third-order valence-corrected chi connectivity index (χ3v) is 3.94. The van der Waals surface area contributed by atoms with Gasteiger partial charge in [-0.3, -0.25) is 4.90 Å². The first kappa shape index (κ1) is 16.2. The van der Waals surface area contributed by atoms with Crippen molar-refractivity contribution in [1.29, 1.82) is 0 Å². The number of rotatable bonds is 6. The van der Waals surface area contributed by atoms with Crippen LogP contribution in [-0.2, 0) is 0 Å².